The Morgan fingerprint density at radius 2 is 1.01 bits per heavy atom. The Balaban J connectivity index is 1.37. The minimum atomic E-state index is -1.21. The summed E-state index contributed by atoms with van der Waals surface area (Å²) in [7, 11) is 5.60. The summed E-state index contributed by atoms with van der Waals surface area (Å²) in [6.07, 6.45) is 23.8. The van der Waals surface area contributed by atoms with Crippen LogP contribution in [-0.2, 0) is 68.5 Å². The topological polar surface area (TPSA) is 361 Å². The highest BCUT2D eigenvalue weighted by Gasteiger charge is 2.30. The molecule has 1 aromatic carbocycles. The molecule has 1 aliphatic rings. The maximum atomic E-state index is 13.0. The van der Waals surface area contributed by atoms with Crippen molar-refractivity contribution < 1.29 is 77.4 Å². The molecule has 488 valence electrons. The molecule has 12 N–H and O–H groups in total. The summed E-state index contributed by atoms with van der Waals surface area (Å²) in [6, 6.07) is 3.67. The number of phenolic OH excluding ortho intramolecular Hbond substituents is 1. The van der Waals surface area contributed by atoms with Crippen LogP contribution in [0.15, 0.2) is 24.3 Å². The van der Waals surface area contributed by atoms with Crippen molar-refractivity contribution >= 4 is 53.2 Å². The Morgan fingerprint density at radius 1 is 0.523 bits per heavy atom. The monoisotopic (exact) mass is 1220 g/mol. The molecule has 0 aliphatic heterocycles. The number of carboxylic acid groups (broad SMARTS) is 2. The summed E-state index contributed by atoms with van der Waals surface area (Å²) in [5.41, 5.74) is 6.27. The third-order valence-corrected chi connectivity index (χ3v) is 15.0. The molecule has 1 aromatic rings. The number of unbranched alkanes of at least 4 members (excludes halogenated alkanes) is 16. The van der Waals surface area contributed by atoms with Gasteiger partial charge in [0.25, 0.3) is 0 Å². The second-order valence-corrected chi connectivity index (χ2v) is 22.3. The Morgan fingerprint density at radius 3 is 1.52 bits per heavy atom. The molecule has 0 spiro atoms. The zero-order valence-corrected chi connectivity index (χ0v) is 51.0. The van der Waals surface area contributed by atoms with Crippen LogP contribution in [0.4, 0.5) is 0 Å². The average molecular weight is 1220 g/mol. The maximum absolute atomic E-state index is 13.0. The zero-order valence-electron chi connectivity index (χ0n) is 51.0. The molecule has 1 unspecified atom stereocenters. The second kappa shape index (κ2) is 50.2. The fourth-order valence-corrected chi connectivity index (χ4v) is 9.85. The summed E-state index contributed by atoms with van der Waals surface area (Å²) >= 11 is 0. The van der Waals surface area contributed by atoms with E-state index in [2.05, 4.69) is 37.2 Å². The largest absolute Gasteiger partial charge is 0.508 e. The number of rotatable bonds is 56. The third-order valence-electron chi connectivity index (χ3n) is 15.0. The lowest BCUT2D eigenvalue weighted by Crippen LogP contribution is -2.48. The van der Waals surface area contributed by atoms with Gasteiger partial charge in [-0.1, -0.05) is 102 Å². The van der Waals surface area contributed by atoms with Gasteiger partial charge in [-0.15, -0.1) is 0 Å². The van der Waals surface area contributed by atoms with Gasteiger partial charge in [-0.2, -0.15) is 0 Å². The maximum Gasteiger partial charge on any atom is 0.326 e. The number of carbonyl (C=O) groups excluding carboxylic acids is 7. The Hall–Kier alpha value is -5.79. The van der Waals surface area contributed by atoms with E-state index in [1.807, 2.05) is 0 Å². The number of aromatic hydroxyl groups is 1. The molecular weight excluding hydrogens is 1110 g/mol. The van der Waals surface area contributed by atoms with Gasteiger partial charge in [-0.3, -0.25) is 43.7 Å². The molecule has 24 nitrogen and oxygen atoms in total. The third kappa shape index (κ3) is 41.3. The van der Waals surface area contributed by atoms with Gasteiger partial charge < -0.3 is 71.9 Å². The van der Waals surface area contributed by atoms with Gasteiger partial charge >= 0.3 is 11.9 Å². The number of carboxylic acids is 2. The van der Waals surface area contributed by atoms with Crippen molar-refractivity contribution in [1.82, 2.24) is 37.2 Å². The van der Waals surface area contributed by atoms with E-state index in [0.29, 0.717) is 51.6 Å². The van der Waals surface area contributed by atoms with E-state index in [4.69, 9.17) is 36.8 Å². The molecule has 2 radical (unpaired) electrons. The lowest BCUT2D eigenvalue weighted by Gasteiger charge is -2.28. The van der Waals surface area contributed by atoms with E-state index in [0.717, 1.165) is 56.9 Å². The number of primary amides is 1. The van der Waals surface area contributed by atoms with Gasteiger partial charge in [0.2, 0.25) is 35.4 Å². The molecule has 3 atom stereocenters. The fourth-order valence-electron chi connectivity index (χ4n) is 9.85. The van der Waals surface area contributed by atoms with Crippen molar-refractivity contribution in [3.8, 4) is 5.75 Å². The quantitative estimate of drug-likeness (QED) is 0.0315. The van der Waals surface area contributed by atoms with Gasteiger partial charge in [-0.25, -0.2) is 4.79 Å². The van der Waals surface area contributed by atoms with Gasteiger partial charge in [0.05, 0.1) is 58.3 Å². The molecule has 24 heteroatoms. The average Bonchev–Trinajstić information content (AvgIpc) is 3.70. The van der Waals surface area contributed by atoms with E-state index in [-0.39, 0.29) is 151 Å². The highest BCUT2D eigenvalue weighted by molar-refractivity contribution is 5.87. The molecule has 1 aliphatic carbocycles. The minimum absolute atomic E-state index is 0.0606. The summed E-state index contributed by atoms with van der Waals surface area (Å²) in [5.74, 6) is -4.06. The van der Waals surface area contributed by atoms with Crippen LogP contribution in [0.1, 0.15) is 179 Å². The Bertz CT molecular complexity index is 2060. The van der Waals surface area contributed by atoms with Gasteiger partial charge in [0.15, 0.2) is 5.78 Å². The Labute approximate surface area is 509 Å². The molecule has 0 heterocycles. The van der Waals surface area contributed by atoms with Crippen LogP contribution >= 0.6 is 0 Å². The first kappa shape index (κ1) is 76.3. The highest BCUT2D eigenvalue weighted by Crippen LogP contribution is 2.29. The van der Waals surface area contributed by atoms with Crippen LogP contribution in [0, 0.1) is 18.9 Å². The van der Waals surface area contributed by atoms with Gasteiger partial charge in [-0.05, 0) is 94.2 Å². The zero-order chi connectivity index (χ0) is 62.8. The van der Waals surface area contributed by atoms with Crippen molar-refractivity contribution in [3.63, 3.8) is 0 Å². The van der Waals surface area contributed by atoms with Gasteiger partial charge in [0.1, 0.15) is 25.0 Å². The number of carbonyl (C=O) groups is 9. The number of nitrogens with one attached hydrogen (secondary N) is 7. The highest BCUT2D eigenvalue weighted by atomic mass is 16.5. The summed E-state index contributed by atoms with van der Waals surface area (Å²) in [5, 5.41) is 47.0. The number of amides is 6. The Kier molecular flexibility index (Phi) is 44.6. The van der Waals surface area contributed by atoms with E-state index >= 15 is 0 Å². The number of hydrogen-bond donors (Lipinski definition) is 11. The molecule has 1 fully saturated rings. The predicted octanol–water partition coefficient (Wildman–Crippen LogP) is 4.54. The summed E-state index contributed by atoms with van der Waals surface area (Å²) in [6.45, 7) is 1.88. The van der Waals surface area contributed by atoms with Crippen LogP contribution in [0.2, 0.25) is 0 Å². The van der Waals surface area contributed by atoms with Crippen LogP contribution in [0.3, 0.4) is 0 Å². The SMILES string of the molecule is [CH]N[C@@H](CCCCNC(=O)COCCOCCNC(=O)COCCOCCNC(=O)CCC(NC(=O)C1CCC(CNC(=O)CCCCCCCCCCCCCCCCCCC(=O)O)CC1)C(=O)O)C(=O)CN[C@@H](Cc1ccc(O)cc1)C(N)=O. The molecule has 0 bridgehead atoms. The van der Waals surface area contributed by atoms with Gasteiger partial charge in [0, 0.05) is 58.4 Å². The summed E-state index contributed by atoms with van der Waals surface area (Å²) in [4.78, 5) is 109. The smallest absolute Gasteiger partial charge is 0.326 e. The molecule has 0 aromatic heterocycles. The predicted molar refractivity (Wildman–Crippen MR) is 323 cm³/mol. The van der Waals surface area contributed by atoms with E-state index in [9.17, 15) is 53.4 Å². The first-order valence-corrected chi connectivity index (χ1v) is 31.5. The van der Waals surface area contributed by atoms with Crippen LogP contribution in [0.25, 0.3) is 0 Å². The molecule has 86 heavy (non-hydrogen) atoms. The van der Waals surface area contributed by atoms with Crippen LogP contribution in [0.5, 0.6) is 5.75 Å². The second-order valence-electron chi connectivity index (χ2n) is 22.3. The number of ketones is 1. The van der Waals surface area contributed by atoms with Crippen molar-refractivity contribution in [2.45, 2.75) is 198 Å². The first-order valence-electron chi connectivity index (χ1n) is 31.5. The fraction of sp³-hybridized carbons (Fsp3) is 0.742. The van der Waals surface area contributed by atoms with Crippen LogP contribution < -0.4 is 43.0 Å². The van der Waals surface area contributed by atoms with Crippen molar-refractivity contribution in [2.24, 2.45) is 17.6 Å². The van der Waals surface area contributed by atoms with Crippen molar-refractivity contribution in [1.29, 1.82) is 0 Å². The number of aliphatic carboxylic acids is 2. The van der Waals surface area contributed by atoms with E-state index in [1.165, 1.54) is 76.3 Å². The van der Waals surface area contributed by atoms with E-state index in [1.54, 1.807) is 12.1 Å². The van der Waals surface area contributed by atoms with E-state index < -0.39 is 36.0 Å². The number of hydrogen-bond acceptors (Lipinski definition) is 16. The van der Waals surface area contributed by atoms with Crippen molar-refractivity contribution in [2.75, 3.05) is 85.6 Å². The van der Waals surface area contributed by atoms with Crippen molar-refractivity contribution in [3.05, 3.63) is 36.9 Å². The number of phenols is 1. The number of benzene rings is 1. The molecule has 6 amide bonds. The molecular formula is C62H104N8O16. The van der Waals surface area contributed by atoms with Crippen LogP contribution in [-0.4, -0.2) is 172 Å². The number of Topliss-reactive ketones (excluding diaryl/α,β-unsaturated/α-hetero) is 1. The molecule has 2 rings (SSSR count). The first-order chi connectivity index (χ1) is 41.6. The standard InChI is InChI=1S/C62H104N8O16/c1-64-51(54(72)44-68-53(60(63)79)42-47-25-29-50(71)30-26-47)20-18-19-33-65-57(75)45-85-40-39-84-37-35-67-58(76)46-86-41-38-83-36-34-66-56(74)32-31-52(62(81)82)70-61(80)49-27-23-48(24-28-49)43-69-55(73)21-16-14-12-10-8-6-4-2-3-5-7-9-11-13-15-17-22-59(77)78/h1,25-26,29-30,48-49,51-53,64,68,71H,2-24,27-28,31-46H2,(H2,63,79)(H,65,75)(H,66,74)(H,67,76)(H,69,73)(H,70,80)(H,77,78)(H,81,82)/t48?,49?,51-,52?,53-/m0/s1. The lowest BCUT2D eigenvalue weighted by atomic mass is 9.81. The lowest BCUT2D eigenvalue weighted by molar-refractivity contribution is -0.143. The minimum Gasteiger partial charge on any atom is -0.508 e. The number of nitrogens with two attached hydrogens (primary N) is 1. The number of ether oxygens (including phenoxy) is 4. The molecule has 1 saturated carbocycles. The summed E-state index contributed by atoms with van der Waals surface area (Å²) < 4.78 is 21.5. The normalized spacial score (nSPS) is 15.0. The molecule has 0 saturated heterocycles.